The topological polar surface area (TPSA) is 68.0 Å². The van der Waals surface area contributed by atoms with Crippen LogP contribution in [0.2, 0.25) is 5.02 Å². The van der Waals surface area contributed by atoms with E-state index in [0.29, 0.717) is 6.07 Å². The molecule has 0 atom stereocenters. The number of hydrogen-bond acceptors (Lipinski definition) is 3. The third-order valence-electron chi connectivity index (χ3n) is 2.24. The molecule has 0 aliphatic rings. The van der Waals surface area contributed by atoms with Crippen LogP contribution in [0.3, 0.4) is 0 Å². The fraction of sp³-hybridized carbons (Fsp3) is 0. The number of carbonyl (C=O) groups is 1. The fourth-order valence-electron chi connectivity index (χ4n) is 1.45. The number of nitrogens with one attached hydrogen (secondary N) is 1. The van der Waals surface area contributed by atoms with Crippen molar-refractivity contribution in [3.05, 3.63) is 52.7 Å². The molecule has 4 nitrogen and oxygen atoms in total. The lowest BCUT2D eigenvalue weighted by atomic mass is 10.2. The number of hydrogen-bond donors (Lipinski definition) is 2. The van der Waals surface area contributed by atoms with Crippen LogP contribution in [0, 0.1) is 11.6 Å². The van der Waals surface area contributed by atoms with Crippen LogP contribution in [0.5, 0.6) is 0 Å². The zero-order valence-corrected chi connectivity index (χ0v) is 10.2. The molecule has 0 spiro atoms. The standard InChI is InChI=1S/C12H8ClF2N3O/c13-10-5-17-11(16)4-9(10)12(19)18-8-2-6(14)1-7(15)3-8/h1-5H,(H2,16,17)(H,18,19). The number of carbonyl (C=O) groups excluding carboxylic acids is 1. The van der Waals surface area contributed by atoms with E-state index in [2.05, 4.69) is 10.3 Å². The molecule has 1 heterocycles. The molecular formula is C12H8ClF2N3O. The van der Waals surface area contributed by atoms with Crippen molar-refractivity contribution in [1.82, 2.24) is 4.98 Å². The molecule has 0 bridgehead atoms. The van der Waals surface area contributed by atoms with Crippen LogP contribution in [0.4, 0.5) is 20.3 Å². The summed E-state index contributed by atoms with van der Waals surface area (Å²) in [6, 6.07) is 3.94. The Morgan fingerprint density at radius 2 is 1.84 bits per heavy atom. The van der Waals surface area contributed by atoms with E-state index in [-0.39, 0.29) is 22.1 Å². The maximum absolute atomic E-state index is 13.0. The molecule has 0 unspecified atom stereocenters. The number of benzene rings is 1. The molecule has 1 amide bonds. The summed E-state index contributed by atoms with van der Waals surface area (Å²) in [5.74, 6) is -2.12. The molecule has 2 rings (SSSR count). The Morgan fingerprint density at radius 1 is 1.21 bits per heavy atom. The molecule has 98 valence electrons. The Kier molecular flexibility index (Phi) is 3.62. The van der Waals surface area contributed by atoms with Gasteiger partial charge in [-0.2, -0.15) is 0 Å². The van der Waals surface area contributed by atoms with Crippen molar-refractivity contribution in [2.45, 2.75) is 0 Å². The van der Waals surface area contributed by atoms with E-state index in [1.807, 2.05) is 0 Å². The van der Waals surface area contributed by atoms with E-state index >= 15 is 0 Å². The van der Waals surface area contributed by atoms with Gasteiger partial charge in [-0.1, -0.05) is 11.6 Å². The number of pyridine rings is 1. The van der Waals surface area contributed by atoms with Crippen LogP contribution in [0.25, 0.3) is 0 Å². The van der Waals surface area contributed by atoms with Gasteiger partial charge >= 0.3 is 0 Å². The molecule has 3 N–H and O–H groups in total. The van der Waals surface area contributed by atoms with Crippen molar-refractivity contribution < 1.29 is 13.6 Å². The lowest BCUT2D eigenvalue weighted by Crippen LogP contribution is -2.13. The van der Waals surface area contributed by atoms with Crippen molar-refractivity contribution in [2.24, 2.45) is 0 Å². The zero-order chi connectivity index (χ0) is 14.0. The number of rotatable bonds is 2. The fourth-order valence-corrected chi connectivity index (χ4v) is 1.64. The summed E-state index contributed by atoms with van der Waals surface area (Å²) in [4.78, 5) is 15.6. The van der Waals surface area contributed by atoms with Gasteiger partial charge < -0.3 is 11.1 Å². The summed E-state index contributed by atoms with van der Waals surface area (Å²) in [5.41, 5.74) is 5.49. The molecule has 1 aromatic carbocycles. The summed E-state index contributed by atoms with van der Waals surface area (Å²) in [7, 11) is 0. The highest BCUT2D eigenvalue weighted by Crippen LogP contribution is 2.19. The van der Waals surface area contributed by atoms with Crippen molar-refractivity contribution in [3.8, 4) is 0 Å². The largest absolute Gasteiger partial charge is 0.384 e. The monoisotopic (exact) mass is 283 g/mol. The first-order chi connectivity index (χ1) is 8.95. The first-order valence-corrected chi connectivity index (χ1v) is 5.52. The zero-order valence-electron chi connectivity index (χ0n) is 9.45. The van der Waals surface area contributed by atoms with Crippen LogP contribution < -0.4 is 11.1 Å². The minimum atomic E-state index is -0.796. The predicted octanol–water partition coefficient (Wildman–Crippen LogP) is 2.85. The number of nitrogens with zero attached hydrogens (tertiary/aromatic N) is 1. The first-order valence-electron chi connectivity index (χ1n) is 5.14. The number of amides is 1. The Bertz CT molecular complexity index is 629. The molecule has 0 saturated heterocycles. The van der Waals surface area contributed by atoms with Gasteiger partial charge in [-0.3, -0.25) is 4.79 Å². The third-order valence-corrected chi connectivity index (χ3v) is 2.54. The minimum absolute atomic E-state index is 0.0195. The maximum Gasteiger partial charge on any atom is 0.257 e. The lowest BCUT2D eigenvalue weighted by Gasteiger charge is -2.07. The first kappa shape index (κ1) is 13.2. The summed E-state index contributed by atoms with van der Waals surface area (Å²) in [6.07, 6.45) is 1.22. The van der Waals surface area contributed by atoms with E-state index < -0.39 is 17.5 Å². The van der Waals surface area contributed by atoms with E-state index in [1.54, 1.807) is 0 Å². The number of anilines is 2. The highest BCUT2D eigenvalue weighted by molar-refractivity contribution is 6.34. The molecule has 19 heavy (non-hydrogen) atoms. The molecule has 0 aliphatic carbocycles. The number of aromatic nitrogens is 1. The van der Waals surface area contributed by atoms with Crippen LogP contribution >= 0.6 is 11.6 Å². The van der Waals surface area contributed by atoms with Crippen LogP contribution in [0.15, 0.2) is 30.5 Å². The lowest BCUT2D eigenvalue weighted by molar-refractivity contribution is 0.102. The Balaban J connectivity index is 2.28. The summed E-state index contributed by atoms with van der Waals surface area (Å²) in [5, 5.41) is 2.41. The summed E-state index contributed by atoms with van der Waals surface area (Å²) in [6.45, 7) is 0. The molecule has 1 aromatic heterocycles. The van der Waals surface area contributed by atoms with E-state index in [0.717, 1.165) is 12.1 Å². The quantitative estimate of drug-likeness (QED) is 0.890. The van der Waals surface area contributed by atoms with Gasteiger partial charge in [0.15, 0.2) is 0 Å². The smallest absolute Gasteiger partial charge is 0.257 e. The van der Waals surface area contributed by atoms with E-state index in [9.17, 15) is 13.6 Å². The number of halogens is 3. The highest BCUT2D eigenvalue weighted by Gasteiger charge is 2.12. The van der Waals surface area contributed by atoms with Crippen molar-refractivity contribution in [2.75, 3.05) is 11.1 Å². The van der Waals surface area contributed by atoms with Gasteiger partial charge in [-0.25, -0.2) is 13.8 Å². The normalized spacial score (nSPS) is 10.3. The Labute approximate surface area is 112 Å². The van der Waals surface area contributed by atoms with Gasteiger partial charge in [-0.15, -0.1) is 0 Å². The Hall–Kier alpha value is -2.21. The number of nitrogens with two attached hydrogens (primary N) is 1. The molecule has 0 fully saturated rings. The third kappa shape index (κ3) is 3.17. The highest BCUT2D eigenvalue weighted by atomic mass is 35.5. The minimum Gasteiger partial charge on any atom is -0.384 e. The molecule has 0 aliphatic heterocycles. The maximum atomic E-state index is 13.0. The van der Waals surface area contributed by atoms with Gasteiger partial charge in [0, 0.05) is 18.0 Å². The predicted molar refractivity (Wildman–Crippen MR) is 68.0 cm³/mol. The van der Waals surface area contributed by atoms with Crippen LogP contribution in [0.1, 0.15) is 10.4 Å². The average Bonchev–Trinajstić information content (AvgIpc) is 2.30. The summed E-state index contributed by atoms with van der Waals surface area (Å²) >= 11 is 5.79. The second-order valence-corrected chi connectivity index (χ2v) is 4.11. The second kappa shape index (κ2) is 5.19. The molecule has 0 saturated carbocycles. The van der Waals surface area contributed by atoms with Crippen LogP contribution in [-0.2, 0) is 0 Å². The Morgan fingerprint density at radius 3 is 2.47 bits per heavy atom. The van der Waals surface area contributed by atoms with Gasteiger partial charge in [0.2, 0.25) is 0 Å². The molecule has 0 radical (unpaired) electrons. The van der Waals surface area contributed by atoms with Gasteiger partial charge in [-0.05, 0) is 18.2 Å². The van der Waals surface area contributed by atoms with E-state index in [1.165, 1.54) is 12.3 Å². The van der Waals surface area contributed by atoms with Crippen molar-refractivity contribution in [3.63, 3.8) is 0 Å². The average molecular weight is 284 g/mol. The van der Waals surface area contributed by atoms with Crippen molar-refractivity contribution >= 4 is 29.0 Å². The molecule has 7 heteroatoms. The van der Waals surface area contributed by atoms with Crippen molar-refractivity contribution in [1.29, 1.82) is 0 Å². The summed E-state index contributed by atoms with van der Waals surface area (Å²) < 4.78 is 26.0. The van der Waals surface area contributed by atoms with Gasteiger partial charge in [0.25, 0.3) is 5.91 Å². The molecule has 2 aromatic rings. The molecular weight excluding hydrogens is 276 g/mol. The van der Waals surface area contributed by atoms with Gasteiger partial charge in [0.05, 0.1) is 10.6 Å². The SMILES string of the molecule is Nc1cc(C(=O)Nc2cc(F)cc(F)c2)c(Cl)cn1. The van der Waals surface area contributed by atoms with Gasteiger partial charge in [0.1, 0.15) is 17.5 Å². The van der Waals surface area contributed by atoms with Crippen LogP contribution in [-0.4, -0.2) is 10.9 Å². The van der Waals surface area contributed by atoms with E-state index in [4.69, 9.17) is 17.3 Å². The number of nitrogen functional groups attached to an aromatic ring is 1. The second-order valence-electron chi connectivity index (χ2n) is 3.70.